The summed E-state index contributed by atoms with van der Waals surface area (Å²) in [5.41, 5.74) is 3.10. The number of rotatable bonds is 7. The number of hydrogen-bond donors (Lipinski definition) is 0. The molecule has 3 nitrogen and oxygen atoms in total. The van der Waals surface area contributed by atoms with Gasteiger partial charge in [0.05, 0.1) is 15.9 Å². The minimum Gasteiger partial charge on any atom is -0.490 e. The summed E-state index contributed by atoms with van der Waals surface area (Å²) >= 11 is 8.35. The number of ether oxygens (including phenoxy) is 2. The smallest absolute Gasteiger partial charge is 0.175 e. The van der Waals surface area contributed by atoms with Gasteiger partial charge in [0.15, 0.2) is 11.5 Å². The van der Waals surface area contributed by atoms with E-state index in [4.69, 9.17) is 21.1 Å². The second kappa shape index (κ2) is 10.1. The van der Waals surface area contributed by atoms with E-state index in [0.29, 0.717) is 28.7 Å². The molecule has 0 saturated heterocycles. The molecule has 3 aromatic rings. The summed E-state index contributed by atoms with van der Waals surface area (Å²) in [4.78, 5) is 4.56. The lowest BCUT2D eigenvalue weighted by atomic mass is 10.2. The van der Waals surface area contributed by atoms with Gasteiger partial charge in [-0.15, -0.1) is 0 Å². The number of hydrogen-bond acceptors (Lipinski definition) is 3. The Morgan fingerprint density at radius 3 is 2.66 bits per heavy atom. The Hall–Kier alpha value is -2.12. The van der Waals surface area contributed by atoms with Crippen molar-refractivity contribution >= 4 is 46.1 Å². The summed E-state index contributed by atoms with van der Waals surface area (Å²) in [6.07, 6.45) is 1.77. The average molecular weight is 524 g/mol. The third-order valence-electron chi connectivity index (χ3n) is 4.25. The zero-order chi connectivity index (χ0) is 20.8. The van der Waals surface area contributed by atoms with Gasteiger partial charge in [-0.25, -0.2) is 4.39 Å². The summed E-state index contributed by atoms with van der Waals surface area (Å²) < 4.78 is 26.4. The fourth-order valence-electron chi connectivity index (χ4n) is 2.71. The van der Waals surface area contributed by atoms with Gasteiger partial charge in [-0.2, -0.15) is 0 Å². The molecule has 0 N–H and O–H groups in total. The van der Waals surface area contributed by atoms with Gasteiger partial charge in [0, 0.05) is 16.8 Å². The molecule has 0 bridgehead atoms. The molecule has 0 aliphatic heterocycles. The van der Waals surface area contributed by atoms with Crippen LogP contribution < -0.4 is 9.47 Å². The van der Waals surface area contributed by atoms with Gasteiger partial charge >= 0.3 is 0 Å². The van der Waals surface area contributed by atoms with Crippen molar-refractivity contribution in [3.8, 4) is 11.5 Å². The minimum absolute atomic E-state index is 0.123. The number of halogens is 3. The van der Waals surface area contributed by atoms with Crippen LogP contribution in [0.5, 0.6) is 11.5 Å². The van der Waals surface area contributed by atoms with Gasteiger partial charge in [0.2, 0.25) is 0 Å². The molecule has 0 radical (unpaired) electrons. The molecule has 29 heavy (non-hydrogen) atoms. The van der Waals surface area contributed by atoms with E-state index in [2.05, 4.69) is 27.6 Å². The monoisotopic (exact) mass is 523 g/mol. The van der Waals surface area contributed by atoms with E-state index in [1.807, 2.05) is 44.2 Å². The van der Waals surface area contributed by atoms with Crippen molar-refractivity contribution in [1.29, 1.82) is 0 Å². The van der Waals surface area contributed by atoms with Crippen LogP contribution in [-0.2, 0) is 6.61 Å². The topological polar surface area (TPSA) is 30.8 Å². The number of nitrogens with zero attached hydrogens (tertiary/aromatic N) is 1. The molecule has 0 aliphatic carbocycles. The van der Waals surface area contributed by atoms with Crippen molar-refractivity contribution in [2.45, 2.75) is 20.5 Å². The van der Waals surface area contributed by atoms with E-state index in [1.54, 1.807) is 24.4 Å². The first-order valence-electron chi connectivity index (χ1n) is 9.11. The summed E-state index contributed by atoms with van der Waals surface area (Å²) in [7, 11) is 0. The van der Waals surface area contributed by atoms with Gasteiger partial charge in [0.1, 0.15) is 12.4 Å². The molecule has 0 amide bonds. The third kappa shape index (κ3) is 5.48. The molecule has 3 aromatic carbocycles. The standard InChI is InChI=1S/C23H20ClFINO2/c1-3-28-22-12-16(13-27-21-10-6-8-18(24)15(21)2)11-20(26)23(22)29-14-17-7-4-5-9-19(17)25/h4-13H,3,14H2,1-2H3. The van der Waals surface area contributed by atoms with Crippen LogP contribution in [0.4, 0.5) is 10.1 Å². The van der Waals surface area contributed by atoms with Crippen LogP contribution in [0.3, 0.4) is 0 Å². The van der Waals surface area contributed by atoms with E-state index in [0.717, 1.165) is 20.4 Å². The zero-order valence-electron chi connectivity index (χ0n) is 16.1. The Morgan fingerprint density at radius 1 is 1.10 bits per heavy atom. The molecule has 0 aromatic heterocycles. The lowest BCUT2D eigenvalue weighted by molar-refractivity contribution is 0.264. The van der Waals surface area contributed by atoms with Gasteiger partial charge in [-0.3, -0.25) is 4.99 Å². The Bertz CT molecular complexity index is 1040. The van der Waals surface area contributed by atoms with Crippen molar-refractivity contribution in [3.05, 3.63) is 85.7 Å². The maximum atomic E-state index is 13.9. The third-order valence-corrected chi connectivity index (χ3v) is 5.46. The molecule has 6 heteroatoms. The first-order valence-corrected chi connectivity index (χ1v) is 10.6. The lowest BCUT2D eigenvalue weighted by Crippen LogP contribution is -2.03. The van der Waals surface area contributed by atoms with E-state index < -0.39 is 0 Å². The Labute approximate surface area is 188 Å². The quantitative estimate of drug-likeness (QED) is 0.244. The van der Waals surface area contributed by atoms with E-state index >= 15 is 0 Å². The minimum atomic E-state index is -0.291. The molecule has 3 rings (SSSR count). The Kier molecular flexibility index (Phi) is 7.50. The second-order valence-corrected chi connectivity index (χ2v) is 7.85. The first kappa shape index (κ1) is 21.6. The molecule has 150 valence electrons. The first-order chi connectivity index (χ1) is 14.0. The van der Waals surface area contributed by atoms with Crippen molar-refractivity contribution in [2.24, 2.45) is 4.99 Å². The molecule has 0 atom stereocenters. The zero-order valence-corrected chi connectivity index (χ0v) is 19.0. The van der Waals surface area contributed by atoms with E-state index in [-0.39, 0.29) is 12.4 Å². The second-order valence-electron chi connectivity index (χ2n) is 6.29. The predicted molar refractivity (Wildman–Crippen MR) is 125 cm³/mol. The number of benzene rings is 3. The van der Waals surface area contributed by atoms with E-state index in [1.165, 1.54) is 6.07 Å². The van der Waals surface area contributed by atoms with Crippen molar-refractivity contribution in [1.82, 2.24) is 0 Å². The van der Waals surface area contributed by atoms with Gasteiger partial charge in [-0.1, -0.05) is 35.9 Å². The molecule has 0 fully saturated rings. The normalized spacial score (nSPS) is 11.1. The number of aliphatic imine (C=N–C) groups is 1. The fraction of sp³-hybridized carbons (Fsp3) is 0.174. The SMILES string of the molecule is CCOc1cc(C=Nc2cccc(Cl)c2C)cc(I)c1OCc1ccccc1F. The van der Waals surface area contributed by atoms with Crippen LogP contribution in [0, 0.1) is 16.3 Å². The molecular weight excluding hydrogens is 504 g/mol. The van der Waals surface area contributed by atoms with Crippen LogP contribution in [-0.4, -0.2) is 12.8 Å². The highest BCUT2D eigenvalue weighted by Gasteiger charge is 2.13. The summed E-state index contributed by atoms with van der Waals surface area (Å²) in [6, 6.07) is 16.0. The predicted octanol–water partition coefficient (Wildman–Crippen LogP) is 7.12. The van der Waals surface area contributed by atoms with Crippen LogP contribution >= 0.6 is 34.2 Å². The lowest BCUT2D eigenvalue weighted by Gasteiger charge is -2.15. The van der Waals surface area contributed by atoms with Crippen molar-refractivity contribution < 1.29 is 13.9 Å². The fourth-order valence-corrected chi connectivity index (χ4v) is 3.66. The van der Waals surface area contributed by atoms with Crippen LogP contribution in [0.2, 0.25) is 5.02 Å². The molecular formula is C23H20ClFINO2. The Balaban J connectivity index is 1.87. The van der Waals surface area contributed by atoms with Gasteiger partial charge < -0.3 is 9.47 Å². The average Bonchev–Trinajstić information content (AvgIpc) is 2.70. The molecule has 0 heterocycles. The molecule has 0 aliphatic rings. The molecule has 0 spiro atoms. The van der Waals surface area contributed by atoms with Crippen molar-refractivity contribution in [2.75, 3.05) is 6.61 Å². The maximum Gasteiger partial charge on any atom is 0.175 e. The summed E-state index contributed by atoms with van der Waals surface area (Å²) in [6.45, 7) is 4.45. The van der Waals surface area contributed by atoms with Gasteiger partial charge in [-0.05, 0) is 77.9 Å². The van der Waals surface area contributed by atoms with Crippen LogP contribution in [0.1, 0.15) is 23.6 Å². The highest BCUT2D eigenvalue weighted by Crippen LogP contribution is 2.35. The molecule has 0 unspecified atom stereocenters. The summed E-state index contributed by atoms with van der Waals surface area (Å²) in [5.74, 6) is 0.896. The van der Waals surface area contributed by atoms with E-state index in [9.17, 15) is 4.39 Å². The highest BCUT2D eigenvalue weighted by molar-refractivity contribution is 14.1. The Morgan fingerprint density at radius 2 is 1.90 bits per heavy atom. The van der Waals surface area contributed by atoms with Crippen molar-refractivity contribution in [3.63, 3.8) is 0 Å². The molecule has 0 saturated carbocycles. The van der Waals surface area contributed by atoms with Gasteiger partial charge in [0.25, 0.3) is 0 Å². The largest absolute Gasteiger partial charge is 0.490 e. The van der Waals surface area contributed by atoms with Crippen LogP contribution in [0.25, 0.3) is 0 Å². The highest BCUT2D eigenvalue weighted by atomic mass is 127. The summed E-state index contributed by atoms with van der Waals surface area (Å²) in [5, 5.41) is 0.682. The van der Waals surface area contributed by atoms with Crippen LogP contribution in [0.15, 0.2) is 59.6 Å². The maximum absolute atomic E-state index is 13.9.